The summed E-state index contributed by atoms with van der Waals surface area (Å²) in [6.07, 6.45) is 4.70. The van der Waals surface area contributed by atoms with Gasteiger partial charge in [-0.05, 0) is 22.0 Å². The molecule has 0 aliphatic carbocycles. The highest BCUT2D eigenvalue weighted by Gasteiger charge is 2.23. The van der Waals surface area contributed by atoms with Crippen LogP contribution in [0.2, 0.25) is 0 Å². The van der Waals surface area contributed by atoms with Gasteiger partial charge in [-0.15, -0.1) is 0 Å². The second-order valence-corrected chi connectivity index (χ2v) is 7.52. The fourth-order valence-corrected chi connectivity index (χ4v) is 2.88. The Morgan fingerprint density at radius 2 is 2.19 bits per heavy atom. The number of rotatable bonds is 2. The third kappa shape index (κ3) is 3.35. The van der Waals surface area contributed by atoms with Crippen LogP contribution in [0, 0.1) is 0 Å². The first-order valence-electron chi connectivity index (χ1n) is 7.22. The van der Waals surface area contributed by atoms with Gasteiger partial charge in [0.1, 0.15) is 17.8 Å². The Bertz CT molecular complexity index is 645. The van der Waals surface area contributed by atoms with Gasteiger partial charge >= 0.3 is 0 Å². The molecule has 0 amide bonds. The zero-order chi connectivity index (χ0) is 15.0. The van der Waals surface area contributed by atoms with Crippen molar-refractivity contribution in [3.05, 3.63) is 45.8 Å². The average Bonchev–Trinajstić information content (AvgIpc) is 2.82. The molecule has 2 aromatic rings. The van der Waals surface area contributed by atoms with Crippen molar-refractivity contribution >= 4 is 15.9 Å². The summed E-state index contributed by atoms with van der Waals surface area (Å²) in [5, 5.41) is 0. The third-order valence-corrected chi connectivity index (χ3v) is 4.10. The van der Waals surface area contributed by atoms with Gasteiger partial charge in [-0.2, -0.15) is 0 Å². The first-order valence-corrected chi connectivity index (χ1v) is 8.01. The van der Waals surface area contributed by atoms with Gasteiger partial charge in [0.25, 0.3) is 0 Å². The van der Waals surface area contributed by atoms with Crippen molar-refractivity contribution in [3.8, 4) is 0 Å². The lowest BCUT2D eigenvalue weighted by molar-refractivity contribution is 0.223. The summed E-state index contributed by atoms with van der Waals surface area (Å²) < 4.78 is 6.49. The molecule has 0 N–H and O–H groups in total. The van der Waals surface area contributed by atoms with Crippen LogP contribution < -0.4 is 0 Å². The summed E-state index contributed by atoms with van der Waals surface area (Å²) in [7, 11) is 0. The molecule has 1 aliphatic heterocycles. The van der Waals surface area contributed by atoms with E-state index in [0.717, 1.165) is 42.1 Å². The van der Waals surface area contributed by atoms with Crippen LogP contribution in [0.3, 0.4) is 0 Å². The lowest BCUT2D eigenvalue weighted by Gasteiger charge is -2.28. The number of fused-ring (bicyclic) bond motifs is 1. The Hall–Kier alpha value is -1.20. The van der Waals surface area contributed by atoms with Crippen molar-refractivity contribution in [2.75, 3.05) is 6.54 Å². The third-order valence-electron chi connectivity index (χ3n) is 3.69. The zero-order valence-corrected chi connectivity index (χ0v) is 14.3. The first kappa shape index (κ1) is 14.7. The van der Waals surface area contributed by atoms with Crippen LogP contribution in [-0.2, 0) is 24.9 Å². The van der Waals surface area contributed by atoms with E-state index in [4.69, 9.17) is 9.40 Å². The highest BCUT2D eigenvalue weighted by atomic mass is 79.9. The second kappa shape index (κ2) is 5.54. The van der Waals surface area contributed by atoms with Gasteiger partial charge in [0.05, 0.1) is 11.0 Å². The summed E-state index contributed by atoms with van der Waals surface area (Å²) in [6, 6.07) is 2.02. The lowest BCUT2D eigenvalue weighted by Crippen LogP contribution is -2.31. The van der Waals surface area contributed by atoms with Gasteiger partial charge < -0.3 is 4.42 Å². The van der Waals surface area contributed by atoms with Crippen molar-refractivity contribution < 1.29 is 4.42 Å². The van der Waals surface area contributed by atoms with E-state index >= 15 is 0 Å². The molecule has 5 heteroatoms. The Kier molecular flexibility index (Phi) is 3.88. The van der Waals surface area contributed by atoms with E-state index in [1.54, 1.807) is 6.26 Å². The Labute approximate surface area is 133 Å². The molecular formula is C16H20BrN3O. The average molecular weight is 350 g/mol. The maximum Gasteiger partial charge on any atom is 0.133 e. The van der Waals surface area contributed by atoms with E-state index in [-0.39, 0.29) is 5.41 Å². The maximum atomic E-state index is 5.50. The zero-order valence-electron chi connectivity index (χ0n) is 12.7. The molecule has 3 heterocycles. The Balaban J connectivity index is 1.74. The van der Waals surface area contributed by atoms with E-state index in [1.807, 2.05) is 12.3 Å². The number of hydrogen-bond donors (Lipinski definition) is 0. The molecule has 0 bridgehead atoms. The van der Waals surface area contributed by atoms with Crippen LogP contribution >= 0.6 is 15.9 Å². The number of furan rings is 1. The van der Waals surface area contributed by atoms with Gasteiger partial charge in [-0.3, -0.25) is 4.90 Å². The minimum absolute atomic E-state index is 0.00656. The number of hydrogen-bond acceptors (Lipinski definition) is 4. The molecule has 0 unspecified atom stereocenters. The highest BCUT2D eigenvalue weighted by molar-refractivity contribution is 9.10. The van der Waals surface area contributed by atoms with Crippen LogP contribution in [0.25, 0.3) is 0 Å². The predicted octanol–water partition coefficient (Wildman–Crippen LogP) is 3.69. The monoisotopic (exact) mass is 349 g/mol. The van der Waals surface area contributed by atoms with E-state index < -0.39 is 0 Å². The SMILES string of the molecule is CC(C)(C)c1ncc2c(n1)CCN(Cc1cc(Br)co1)C2. The molecule has 3 rings (SSSR count). The van der Waals surface area contributed by atoms with E-state index in [2.05, 4.69) is 46.6 Å². The summed E-state index contributed by atoms with van der Waals surface area (Å²) in [5.74, 6) is 1.92. The molecule has 0 radical (unpaired) electrons. The fourth-order valence-electron chi connectivity index (χ4n) is 2.53. The standard InChI is InChI=1S/C16H20BrN3O/c1-16(2,3)15-18-7-11-8-20(5-4-14(11)19-15)9-13-6-12(17)10-21-13/h6-7,10H,4-5,8-9H2,1-3H3. The fraction of sp³-hybridized carbons (Fsp3) is 0.500. The normalized spacial score (nSPS) is 16.0. The molecule has 21 heavy (non-hydrogen) atoms. The number of aromatic nitrogens is 2. The topological polar surface area (TPSA) is 42.2 Å². The van der Waals surface area contributed by atoms with Gasteiger partial charge in [0, 0.05) is 42.4 Å². The molecule has 1 aliphatic rings. The smallest absolute Gasteiger partial charge is 0.133 e. The second-order valence-electron chi connectivity index (χ2n) is 6.61. The van der Waals surface area contributed by atoms with Crippen LogP contribution in [0.5, 0.6) is 0 Å². The van der Waals surface area contributed by atoms with Crippen molar-refractivity contribution in [3.63, 3.8) is 0 Å². The minimum Gasteiger partial charge on any atom is -0.467 e. The van der Waals surface area contributed by atoms with Gasteiger partial charge in [-0.1, -0.05) is 20.8 Å². The first-order chi connectivity index (χ1) is 9.91. The van der Waals surface area contributed by atoms with Crippen LogP contribution in [0.1, 0.15) is 43.6 Å². The molecule has 0 atom stereocenters. The maximum absolute atomic E-state index is 5.50. The lowest BCUT2D eigenvalue weighted by atomic mass is 9.95. The molecular weight excluding hydrogens is 330 g/mol. The highest BCUT2D eigenvalue weighted by Crippen LogP contribution is 2.24. The van der Waals surface area contributed by atoms with Gasteiger partial charge in [0.2, 0.25) is 0 Å². The van der Waals surface area contributed by atoms with E-state index in [0.29, 0.717) is 0 Å². The molecule has 4 nitrogen and oxygen atoms in total. The van der Waals surface area contributed by atoms with Crippen molar-refractivity contribution in [2.24, 2.45) is 0 Å². The van der Waals surface area contributed by atoms with Gasteiger partial charge in [-0.25, -0.2) is 9.97 Å². The van der Waals surface area contributed by atoms with Crippen molar-refractivity contribution in [1.29, 1.82) is 0 Å². The molecule has 112 valence electrons. The van der Waals surface area contributed by atoms with Gasteiger partial charge in [0.15, 0.2) is 0 Å². The minimum atomic E-state index is 0.00656. The molecule has 0 saturated carbocycles. The van der Waals surface area contributed by atoms with Crippen LogP contribution in [-0.4, -0.2) is 21.4 Å². The molecule has 2 aromatic heterocycles. The Morgan fingerprint density at radius 3 is 2.86 bits per heavy atom. The number of halogens is 1. The van der Waals surface area contributed by atoms with Crippen molar-refractivity contribution in [1.82, 2.24) is 14.9 Å². The predicted molar refractivity (Wildman–Crippen MR) is 85.0 cm³/mol. The molecule has 0 saturated heterocycles. The molecule has 0 aromatic carbocycles. The van der Waals surface area contributed by atoms with Crippen LogP contribution in [0.15, 0.2) is 27.4 Å². The van der Waals surface area contributed by atoms with E-state index in [9.17, 15) is 0 Å². The number of nitrogens with zero attached hydrogens (tertiary/aromatic N) is 3. The Morgan fingerprint density at radius 1 is 1.38 bits per heavy atom. The largest absolute Gasteiger partial charge is 0.467 e. The van der Waals surface area contributed by atoms with E-state index in [1.165, 1.54) is 11.3 Å². The van der Waals surface area contributed by atoms with Crippen molar-refractivity contribution in [2.45, 2.75) is 45.7 Å². The summed E-state index contributed by atoms with van der Waals surface area (Å²) in [4.78, 5) is 11.7. The summed E-state index contributed by atoms with van der Waals surface area (Å²) in [6.45, 7) is 9.17. The molecule has 0 spiro atoms. The summed E-state index contributed by atoms with van der Waals surface area (Å²) >= 11 is 3.42. The summed E-state index contributed by atoms with van der Waals surface area (Å²) in [5.41, 5.74) is 2.44. The molecule has 0 fully saturated rings. The quantitative estimate of drug-likeness (QED) is 0.829. The van der Waals surface area contributed by atoms with Crippen LogP contribution in [0.4, 0.5) is 0 Å².